The highest BCUT2D eigenvalue weighted by Crippen LogP contribution is 2.19. The third-order valence-electron chi connectivity index (χ3n) is 2.67. The van der Waals surface area contributed by atoms with E-state index in [2.05, 4.69) is 10.3 Å². The summed E-state index contributed by atoms with van der Waals surface area (Å²) in [5.41, 5.74) is 1.72. The maximum atomic E-state index is 11.6. The maximum absolute atomic E-state index is 11.6. The fourth-order valence-electron chi connectivity index (χ4n) is 2.01. The molecule has 0 aliphatic carbocycles. The molecule has 0 fully saturated rings. The molecule has 4 nitrogen and oxygen atoms in total. The second-order valence-corrected chi connectivity index (χ2v) is 3.58. The van der Waals surface area contributed by atoms with Crippen LogP contribution < -0.4 is 10.9 Å². The smallest absolute Gasteiger partial charge is 0.272 e. The van der Waals surface area contributed by atoms with Gasteiger partial charge in [-0.2, -0.15) is 0 Å². The lowest BCUT2D eigenvalue weighted by Crippen LogP contribution is -2.22. The van der Waals surface area contributed by atoms with Crippen molar-refractivity contribution in [2.75, 3.05) is 11.9 Å². The standard InChI is InChI=1S/C10H11N3O/c14-10-8-4-2-6-13(8)9-7(12-10)3-1-5-11-9/h2,4,6,11H,1,3,5H2,(H,12,14). The van der Waals surface area contributed by atoms with Crippen molar-refractivity contribution in [2.45, 2.75) is 12.8 Å². The number of aryl methyl sites for hydroxylation is 1. The van der Waals surface area contributed by atoms with E-state index in [1.807, 2.05) is 22.7 Å². The van der Waals surface area contributed by atoms with Crippen LogP contribution in [-0.2, 0) is 6.42 Å². The predicted octanol–water partition coefficient (Wildman–Crippen LogP) is 0.986. The molecule has 1 aliphatic heterocycles. The maximum Gasteiger partial charge on any atom is 0.272 e. The minimum Gasteiger partial charge on any atom is -0.370 e. The first-order valence-corrected chi connectivity index (χ1v) is 4.82. The van der Waals surface area contributed by atoms with Gasteiger partial charge in [0.2, 0.25) is 0 Å². The molecule has 0 atom stereocenters. The van der Waals surface area contributed by atoms with Gasteiger partial charge in [0.05, 0.1) is 5.69 Å². The van der Waals surface area contributed by atoms with Gasteiger partial charge in [0.1, 0.15) is 11.3 Å². The lowest BCUT2D eigenvalue weighted by molar-refractivity contribution is 0.777. The summed E-state index contributed by atoms with van der Waals surface area (Å²) in [6.07, 6.45) is 3.95. The largest absolute Gasteiger partial charge is 0.370 e. The average molecular weight is 189 g/mol. The third-order valence-corrected chi connectivity index (χ3v) is 2.67. The summed E-state index contributed by atoms with van der Waals surface area (Å²) in [5, 5.41) is 3.31. The Kier molecular flexibility index (Phi) is 1.45. The van der Waals surface area contributed by atoms with Crippen LogP contribution in [0.5, 0.6) is 0 Å². The molecule has 0 aromatic carbocycles. The van der Waals surface area contributed by atoms with Gasteiger partial charge >= 0.3 is 0 Å². The fourth-order valence-corrected chi connectivity index (χ4v) is 2.01. The highest BCUT2D eigenvalue weighted by molar-refractivity contribution is 5.56. The number of nitrogens with zero attached hydrogens (tertiary/aromatic N) is 1. The number of hydrogen-bond acceptors (Lipinski definition) is 2. The second kappa shape index (κ2) is 2.64. The molecule has 0 unspecified atom stereocenters. The number of anilines is 1. The zero-order valence-corrected chi connectivity index (χ0v) is 7.71. The first-order valence-electron chi connectivity index (χ1n) is 4.82. The highest BCUT2D eigenvalue weighted by atomic mass is 16.1. The van der Waals surface area contributed by atoms with Crippen LogP contribution in [0.15, 0.2) is 23.1 Å². The monoisotopic (exact) mass is 189 g/mol. The van der Waals surface area contributed by atoms with Crippen molar-refractivity contribution >= 4 is 11.3 Å². The van der Waals surface area contributed by atoms with Gasteiger partial charge in [0.15, 0.2) is 0 Å². The summed E-state index contributed by atoms with van der Waals surface area (Å²) in [4.78, 5) is 14.5. The van der Waals surface area contributed by atoms with E-state index in [0.29, 0.717) is 5.52 Å². The van der Waals surface area contributed by atoms with E-state index in [9.17, 15) is 4.79 Å². The van der Waals surface area contributed by atoms with Crippen LogP contribution in [0.1, 0.15) is 12.1 Å². The molecule has 0 amide bonds. The zero-order valence-electron chi connectivity index (χ0n) is 7.71. The molecule has 1 aliphatic rings. The molecule has 3 rings (SSSR count). The van der Waals surface area contributed by atoms with Gasteiger partial charge in [0.25, 0.3) is 5.56 Å². The predicted molar refractivity (Wildman–Crippen MR) is 54.8 cm³/mol. The van der Waals surface area contributed by atoms with Crippen molar-refractivity contribution in [2.24, 2.45) is 0 Å². The third kappa shape index (κ3) is 0.907. The van der Waals surface area contributed by atoms with E-state index in [1.165, 1.54) is 0 Å². The quantitative estimate of drug-likeness (QED) is 0.649. The van der Waals surface area contributed by atoms with Crippen LogP contribution >= 0.6 is 0 Å². The average Bonchev–Trinajstić information content (AvgIpc) is 2.67. The van der Waals surface area contributed by atoms with E-state index >= 15 is 0 Å². The van der Waals surface area contributed by atoms with Crippen LogP contribution in [0, 0.1) is 0 Å². The summed E-state index contributed by atoms with van der Waals surface area (Å²) >= 11 is 0. The minimum absolute atomic E-state index is 0.00236. The van der Waals surface area contributed by atoms with Gasteiger partial charge in [-0.05, 0) is 25.0 Å². The summed E-state index contributed by atoms with van der Waals surface area (Å²) in [6.45, 7) is 0.978. The molecule has 2 N–H and O–H groups in total. The first kappa shape index (κ1) is 7.67. The number of rotatable bonds is 0. The Balaban J connectivity index is 2.44. The molecule has 72 valence electrons. The Hall–Kier alpha value is -1.71. The molecular weight excluding hydrogens is 178 g/mol. The van der Waals surface area contributed by atoms with Crippen LogP contribution in [0.3, 0.4) is 0 Å². The number of aromatic nitrogens is 2. The van der Waals surface area contributed by atoms with Crippen LogP contribution in [-0.4, -0.2) is 15.9 Å². The molecule has 0 spiro atoms. The Morgan fingerprint density at radius 2 is 2.36 bits per heavy atom. The Bertz CT molecular complexity index is 538. The summed E-state index contributed by atoms with van der Waals surface area (Å²) in [6, 6.07) is 3.72. The van der Waals surface area contributed by atoms with Gasteiger partial charge in [-0.3, -0.25) is 9.20 Å². The van der Waals surface area contributed by atoms with Gasteiger partial charge < -0.3 is 10.3 Å². The normalized spacial score (nSPS) is 15.1. The molecule has 0 saturated heterocycles. The first-order chi connectivity index (χ1) is 6.86. The van der Waals surface area contributed by atoms with E-state index in [4.69, 9.17) is 0 Å². The molecule has 0 radical (unpaired) electrons. The SMILES string of the molecule is O=c1[nH]c2c(n3cccc13)NCCC2. The number of fused-ring (bicyclic) bond motifs is 3. The molecular formula is C10H11N3O. The Labute approximate surface area is 80.6 Å². The zero-order chi connectivity index (χ0) is 9.54. The van der Waals surface area contributed by atoms with Crippen LogP contribution in [0.25, 0.3) is 5.52 Å². The van der Waals surface area contributed by atoms with E-state index in [1.54, 1.807) is 0 Å². The Morgan fingerprint density at radius 1 is 1.43 bits per heavy atom. The van der Waals surface area contributed by atoms with Crippen molar-refractivity contribution in [3.63, 3.8) is 0 Å². The lowest BCUT2D eigenvalue weighted by atomic mass is 10.2. The van der Waals surface area contributed by atoms with Crippen molar-refractivity contribution < 1.29 is 0 Å². The number of aromatic amines is 1. The number of nitrogens with one attached hydrogen (secondary N) is 2. The molecule has 2 aromatic heterocycles. The number of hydrogen-bond donors (Lipinski definition) is 2. The van der Waals surface area contributed by atoms with E-state index in [0.717, 1.165) is 30.9 Å². The fraction of sp³-hybridized carbons (Fsp3) is 0.300. The highest BCUT2D eigenvalue weighted by Gasteiger charge is 2.13. The van der Waals surface area contributed by atoms with E-state index in [-0.39, 0.29) is 5.56 Å². The van der Waals surface area contributed by atoms with Crippen LogP contribution in [0.4, 0.5) is 5.82 Å². The molecule has 3 heterocycles. The van der Waals surface area contributed by atoms with Gasteiger partial charge in [-0.15, -0.1) is 0 Å². The van der Waals surface area contributed by atoms with E-state index < -0.39 is 0 Å². The van der Waals surface area contributed by atoms with Gasteiger partial charge in [-0.25, -0.2) is 0 Å². The molecule has 0 saturated carbocycles. The topological polar surface area (TPSA) is 49.3 Å². The van der Waals surface area contributed by atoms with Crippen molar-refractivity contribution in [3.05, 3.63) is 34.4 Å². The summed E-state index contributed by atoms with van der Waals surface area (Å²) in [5.74, 6) is 1.04. The lowest BCUT2D eigenvalue weighted by Gasteiger charge is -2.18. The van der Waals surface area contributed by atoms with Crippen molar-refractivity contribution in [1.29, 1.82) is 0 Å². The molecule has 2 aromatic rings. The van der Waals surface area contributed by atoms with Crippen molar-refractivity contribution in [3.8, 4) is 0 Å². The van der Waals surface area contributed by atoms with Gasteiger partial charge in [0, 0.05) is 12.7 Å². The number of H-pyrrole nitrogens is 1. The van der Waals surface area contributed by atoms with Crippen LogP contribution in [0.2, 0.25) is 0 Å². The molecule has 14 heavy (non-hydrogen) atoms. The van der Waals surface area contributed by atoms with Gasteiger partial charge in [-0.1, -0.05) is 0 Å². The minimum atomic E-state index is -0.00236. The summed E-state index contributed by atoms with van der Waals surface area (Å²) < 4.78 is 1.92. The van der Waals surface area contributed by atoms with Crippen molar-refractivity contribution in [1.82, 2.24) is 9.38 Å². The molecule has 4 heteroatoms. The molecule has 0 bridgehead atoms. The summed E-state index contributed by atoms with van der Waals surface area (Å²) in [7, 11) is 0. The second-order valence-electron chi connectivity index (χ2n) is 3.58. The Morgan fingerprint density at radius 3 is 3.29 bits per heavy atom.